The summed E-state index contributed by atoms with van der Waals surface area (Å²) in [5.41, 5.74) is 5.29. The number of likely N-dealkylation sites (tertiary alicyclic amines) is 1. The number of nitrogens with two attached hydrogens (primary N) is 2. The van der Waals surface area contributed by atoms with Gasteiger partial charge in [-0.1, -0.05) is 0 Å². The molecule has 2 heterocycles. The van der Waals surface area contributed by atoms with Crippen molar-refractivity contribution in [1.29, 1.82) is 0 Å². The van der Waals surface area contributed by atoms with Gasteiger partial charge in [-0.15, -0.1) is 0 Å². The van der Waals surface area contributed by atoms with Crippen molar-refractivity contribution in [3.63, 3.8) is 0 Å². The lowest BCUT2D eigenvalue weighted by Crippen LogP contribution is -2.86. The van der Waals surface area contributed by atoms with Crippen molar-refractivity contribution in [3.8, 4) is 0 Å². The number of hydrogen-bond donors (Lipinski definition) is 2. The summed E-state index contributed by atoms with van der Waals surface area (Å²) in [7, 11) is 0. The first-order valence-electron chi connectivity index (χ1n) is 6.58. The first kappa shape index (κ1) is 12.4. The van der Waals surface area contributed by atoms with E-state index in [0.29, 0.717) is 19.0 Å². The normalized spacial score (nSPS) is 23.6. The predicted octanol–water partition coefficient (Wildman–Crippen LogP) is -1.32. The quantitative estimate of drug-likeness (QED) is 0.628. The van der Waals surface area contributed by atoms with Crippen LogP contribution in [0, 0.1) is 11.8 Å². The third-order valence-electron chi connectivity index (χ3n) is 4.00. The van der Waals surface area contributed by atoms with Crippen LogP contribution in [-0.4, -0.2) is 42.9 Å². The van der Waals surface area contributed by atoms with Crippen molar-refractivity contribution in [2.24, 2.45) is 17.6 Å². The SMILES string of the molecule is NC(=O)C1CCN(C(=O)C2CC[NH2+]CC2)CC1. The van der Waals surface area contributed by atoms with E-state index in [1.54, 1.807) is 0 Å². The fraction of sp³-hybridized carbons (Fsp3) is 0.833. The van der Waals surface area contributed by atoms with Gasteiger partial charge in [0.05, 0.1) is 13.1 Å². The van der Waals surface area contributed by atoms with Crippen molar-refractivity contribution in [2.45, 2.75) is 25.7 Å². The van der Waals surface area contributed by atoms with Gasteiger partial charge in [0.2, 0.25) is 11.8 Å². The molecule has 4 N–H and O–H groups in total. The molecule has 2 rings (SSSR count). The van der Waals surface area contributed by atoms with Gasteiger partial charge in [0.25, 0.3) is 0 Å². The summed E-state index contributed by atoms with van der Waals surface area (Å²) in [6, 6.07) is 0. The molecule has 0 bridgehead atoms. The van der Waals surface area contributed by atoms with Crippen molar-refractivity contribution in [2.75, 3.05) is 26.2 Å². The average Bonchev–Trinajstić information content (AvgIpc) is 2.39. The van der Waals surface area contributed by atoms with Crippen LogP contribution in [-0.2, 0) is 9.59 Å². The predicted molar refractivity (Wildman–Crippen MR) is 62.9 cm³/mol. The summed E-state index contributed by atoms with van der Waals surface area (Å²) < 4.78 is 0. The lowest BCUT2D eigenvalue weighted by atomic mass is 9.92. The van der Waals surface area contributed by atoms with Crippen molar-refractivity contribution in [3.05, 3.63) is 0 Å². The molecule has 5 heteroatoms. The van der Waals surface area contributed by atoms with Crippen molar-refractivity contribution in [1.82, 2.24) is 4.90 Å². The van der Waals surface area contributed by atoms with Crippen LogP contribution in [0.3, 0.4) is 0 Å². The number of nitrogens with zero attached hydrogens (tertiary/aromatic N) is 1. The number of rotatable bonds is 2. The molecule has 0 atom stereocenters. The average molecular weight is 240 g/mol. The fourth-order valence-corrected chi connectivity index (χ4v) is 2.82. The molecule has 0 aliphatic carbocycles. The molecule has 0 aromatic heterocycles. The number of amides is 2. The van der Waals surface area contributed by atoms with Crippen LogP contribution in [0.1, 0.15) is 25.7 Å². The van der Waals surface area contributed by atoms with Crippen LogP contribution < -0.4 is 11.1 Å². The highest BCUT2D eigenvalue weighted by atomic mass is 16.2. The minimum atomic E-state index is -0.218. The minimum absolute atomic E-state index is 0.0289. The maximum absolute atomic E-state index is 12.2. The highest BCUT2D eigenvalue weighted by molar-refractivity contribution is 5.80. The molecule has 0 radical (unpaired) electrons. The maximum atomic E-state index is 12.2. The molecular weight excluding hydrogens is 218 g/mol. The first-order valence-corrected chi connectivity index (χ1v) is 6.58. The van der Waals surface area contributed by atoms with Gasteiger partial charge in [0, 0.05) is 37.8 Å². The fourth-order valence-electron chi connectivity index (χ4n) is 2.82. The Morgan fingerprint density at radius 2 is 1.59 bits per heavy atom. The first-order chi connectivity index (χ1) is 8.18. The number of primary amides is 1. The van der Waals surface area contributed by atoms with E-state index in [0.717, 1.165) is 38.8 Å². The molecule has 0 aromatic rings. The summed E-state index contributed by atoms with van der Waals surface area (Å²) in [5, 5.41) is 2.27. The van der Waals surface area contributed by atoms with Gasteiger partial charge in [-0.05, 0) is 12.8 Å². The van der Waals surface area contributed by atoms with E-state index in [1.807, 2.05) is 4.90 Å². The number of carbonyl (C=O) groups excluding carboxylic acids is 2. The number of hydrogen-bond acceptors (Lipinski definition) is 2. The Hall–Kier alpha value is -1.10. The van der Waals surface area contributed by atoms with Crippen LogP contribution >= 0.6 is 0 Å². The van der Waals surface area contributed by atoms with Gasteiger partial charge in [-0.3, -0.25) is 9.59 Å². The van der Waals surface area contributed by atoms with E-state index in [4.69, 9.17) is 5.73 Å². The molecule has 0 unspecified atom stereocenters. The molecule has 96 valence electrons. The third kappa shape index (κ3) is 2.97. The van der Waals surface area contributed by atoms with E-state index < -0.39 is 0 Å². The molecule has 0 spiro atoms. The minimum Gasteiger partial charge on any atom is -0.369 e. The molecular formula is C12H22N3O2+. The van der Waals surface area contributed by atoms with Gasteiger partial charge in [0.1, 0.15) is 0 Å². The molecule has 2 aliphatic rings. The highest BCUT2D eigenvalue weighted by Crippen LogP contribution is 2.20. The zero-order valence-electron chi connectivity index (χ0n) is 10.2. The zero-order chi connectivity index (χ0) is 12.3. The smallest absolute Gasteiger partial charge is 0.226 e. The Kier molecular flexibility index (Phi) is 3.99. The van der Waals surface area contributed by atoms with Gasteiger partial charge >= 0.3 is 0 Å². The van der Waals surface area contributed by atoms with Gasteiger partial charge in [-0.25, -0.2) is 0 Å². The summed E-state index contributed by atoms with van der Waals surface area (Å²) >= 11 is 0. The monoisotopic (exact) mass is 240 g/mol. The molecule has 0 saturated carbocycles. The van der Waals surface area contributed by atoms with Gasteiger partial charge in [-0.2, -0.15) is 0 Å². The lowest BCUT2D eigenvalue weighted by molar-refractivity contribution is -0.664. The van der Waals surface area contributed by atoms with Crippen LogP contribution in [0.5, 0.6) is 0 Å². The Bertz CT molecular complexity index is 292. The molecule has 2 saturated heterocycles. The van der Waals surface area contributed by atoms with Crippen molar-refractivity contribution < 1.29 is 14.9 Å². The Labute approximate surface area is 102 Å². The van der Waals surface area contributed by atoms with E-state index >= 15 is 0 Å². The Balaban J connectivity index is 1.83. The summed E-state index contributed by atoms with van der Waals surface area (Å²) in [4.78, 5) is 25.2. The number of carbonyl (C=O) groups is 2. The molecule has 17 heavy (non-hydrogen) atoms. The van der Waals surface area contributed by atoms with E-state index in [1.165, 1.54) is 0 Å². The van der Waals surface area contributed by atoms with Crippen molar-refractivity contribution >= 4 is 11.8 Å². The van der Waals surface area contributed by atoms with Crippen LogP contribution in [0.2, 0.25) is 0 Å². The van der Waals surface area contributed by atoms with E-state index in [-0.39, 0.29) is 17.7 Å². The zero-order valence-corrected chi connectivity index (χ0v) is 10.2. The molecule has 0 aromatic carbocycles. The Morgan fingerprint density at radius 3 is 2.12 bits per heavy atom. The molecule has 5 nitrogen and oxygen atoms in total. The second-order valence-electron chi connectivity index (χ2n) is 5.14. The molecule has 2 fully saturated rings. The topological polar surface area (TPSA) is 80.0 Å². The summed E-state index contributed by atoms with van der Waals surface area (Å²) in [6.07, 6.45) is 3.46. The van der Waals surface area contributed by atoms with Crippen LogP contribution in [0.25, 0.3) is 0 Å². The third-order valence-corrected chi connectivity index (χ3v) is 4.00. The number of quaternary nitrogens is 1. The molecule has 2 amide bonds. The van der Waals surface area contributed by atoms with Crippen LogP contribution in [0.15, 0.2) is 0 Å². The van der Waals surface area contributed by atoms with Gasteiger partial charge < -0.3 is 16.0 Å². The lowest BCUT2D eigenvalue weighted by Gasteiger charge is -2.33. The second kappa shape index (κ2) is 5.49. The molecule has 2 aliphatic heterocycles. The Morgan fingerprint density at radius 1 is 1.00 bits per heavy atom. The largest absolute Gasteiger partial charge is 0.369 e. The second-order valence-corrected chi connectivity index (χ2v) is 5.14. The van der Waals surface area contributed by atoms with E-state index in [2.05, 4.69) is 5.32 Å². The summed E-state index contributed by atoms with van der Waals surface area (Å²) in [6.45, 7) is 3.53. The highest BCUT2D eigenvalue weighted by Gasteiger charge is 2.31. The van der Waals surface area contributed by atoms with E-state index in [9.17, 15) is 9.59 Å². The number of piperidine rings is 2. The van der Waals surface area contributed by atoms with Gasteiger partial charge in [0.15, 0.2) is 0 Å². The standard InChI is InChI=1S/C12H21N3O2/c13-11(16)9-3-7-15(8-4-9)12(17)10-1-5-14-6-2-10/h9-10,14H,1-8H2,(H2,13,16)/p+1. The summed E-state index contributed by atoms with van der Waals surface area (Å²) in [5.74, 6) is 0.259. The van der Waals surface area contributed by atoms with Crippen LogP contribution in [0.4, 0.5) is 0 Å². The maximum Gasteiger partial charge on any atom is 0.226 e.